The summed E-state index contributed by atoms with van der Waals surface area (Å²) < 4.78 is 28.1. The van der Waals surface area contributed by atoms with Gasteiger partial charge in [-0.3, -0.25) is 14.9 Å². The molecule has 0 heterocycles. The summed E-state index contributed by atoms with van der Waals surface area (Å²) in [7, 11) is 0. The molecule has 9 heteroatoms. The van der Waals surface area contributed by atoms with E-state index in [1.807, 2.05) is 0 Å². The van der Waals surface area contributed by atoms with Crippen molar-refractivity contribution in [2.45, 2.75) is 6.61 Å². The second kappa shape index (κ2) is 5.17. The number of nitrogens with zero attached hydrogens (tertiary/aromatic N) is 1. The third-order valence-corrected chi connectivity index (χ3v) is 1.91. The molecule has 7 nitrogen and oxygen atoms in total. The molecule has 0 atom stereocenters. The largest absolute Gasteiger partial charge is 0.477 e. The number of hydrogen-bond donors (Lipinski definition) is 1. The SMILES string of the molecule is O=Cc1ccc(C(=O)O)c([N+](=O)[O-])c1OC(F)F. The first-order valence-electron chi connectivity index (χ1n) is 4.33. The Morgan fingerprint density at radius 1 is 1.50 bits per heavy atom. The minimum absolute atomic E-state index is 0.0519. The van der Waals surface area contributed by atoms with Gasteiger partial charge in [-0.15, -0.1) is 0 Å². The van der Waals surface area contributed by atoms with Crippen LogP contribution >= 0.6 is 0 Å². The van der Waals surface area contributed by atoms with E-state index in [0.717, 1.165) is 12.1 Å². The maximum Gasteiger partial charge on any atom is 0.387 e. The second-order valence-electron chi connectivity index (χ2n) is 2.94. The minimum atomic E-state index is -3.42. The fourth-order valence-corrected chi connectivity index (χ4v) is 1.25. The number of carboxylic acid groups (broad SMARTS) is 1. The Morgan fingerprint density at radius 2 is 2.11 bits per heavy atom. The van der Waals surface area contributed by atoms with E-state index in [1.165, 1.54) is 0 Å². The lowest BCUT2D eigenvalue weighted by Crippen LogP contribution is -2.10. The molecule has 0 aromatic heterocycles. The smallest absolute Gasteiger partial charge is 0.387 e. The summed E-state index contributed by atoms with van der Waals surface area (Å²) in [6.07, 6.45) is 0.0519. The predicted molar refractivity (Wildman–Crippen MR) is 52.1 cm³/mol. The van der Waals surface area contributed by atoms with Crippen LogP contribution in [0.3, 0.4) is 0 Å². The number of hydrogen-bond acceptors (Lipinski definition) is 5. The molecule has 0 saturated heterocycles. The molecule has 1 aromatic rings. The fourth-order valence-electron chi connectivity index (χ4n) is 1.25. The van der Waals surface area contributed by atoms with Gasteiger partial charge in [-0.2, -0.15) is 8.78 Å². The zero-order valence-electron chi connectivity index (χ0n) is 8.50. The number of aldehydes is 1. The van der Waals surface area contributed by atoms with E-state index < -0.39 is 40.1 Å². The van der Waals surface area contributed by atoms with E-state index in [4.69, 9.17) is 5.11 Å². The van der Waals surface area contributed by atoms with Crippen molar-refractivity contribution in [3.05, 3.63) is 33.4 Å². The highest BCUT2D eigenvalue weighted by Crippen LogP contribution is 2.35. The monoisotopic (exact) mass is 261 g/mol. The fraction of sp³-hybridized carbons (Fsp3) is 0.111. The van der Waals surface area contributed by atoms with E-state index in [-0.39, 0.29) is 6.29 Å². The standard InChI is InChI=1S/C9H5F2NO6/c10-9(11)18-7-4(3-13)1-2-5(8(14)15)6(7)12(16)17/h1-3,9H,(H,14,15). The quantitative estimate of drug-likeness (QED) is 0.491. The Balaban J connectivity index is 3.58. The number of halogens is 2. The van der Waals surface area contributed by atoms with Crippen LogP contribution in [0, 0.1) is 10.1 Å². The van der Waals surface area contributed by atoms with Crippen molar-refractivity contribution < 1.29 is 33.1 Å². The van der Waals surface area contributed by atoms with Gasteiger partial charge in [0.2, 0.25) is 5.75 Å². The Labute approximate surface area is 97.7 Å². The number of alkyl halides is 2. The summed E-state index contributed by atoms with van der Waals surface area (Å²) in [5.74, 6) is -2.76. The van der Waals surface area contributed by atoms with Gasteiger partial charge in [0.25, 0.3) is 0 Å². The zero-order valence-corrected chi connectivity index (χ0v) is 8.50. The molecule has 0 fully saturated rings. The average Bonchev–Trinajstić information content (AvgIpc) is 2.26. The lowest BCUT2D eigenvalue weighted by atomic mass is 10.1. The molecule has 96 valence electrons. The molecule has 0 unspecified atom stereocenters. The van der Waals surface area contributed by atoms with E-state index in [9.17, 15) is 28.5 Å². The van der Waals surface area contributed by atoms with Crippen LogP contribution in [0.5, 0.6) is 5.75 Å². The van der Waals surface area contributed by atoms with Crippen LogP contribution in [0.2, 0.25) is 0 Å². The van der Waals surface area contributed by atoms with Gasteiger partial charge in [-0.25, -0.2) is 4.79 Å². The molecule has 1 rings (SSSR count). The van der Waals surface area contributed by atoms with Crippen LogP contribution in [-0.2, 0) is 0 Å². The number of ether oxygens (including phenoxy) is 1. The molecule has 0 spiro atoms. The van der Waals surface area contributed by atoms with Crippen molar-refractivity contribution in [1.29, 1.82) is 0 Å². The van der Waals surface area contributed by atoms with Crippen molar-refractivity contribution in [3.63, 3.8) is 0 Å². The molecule has 0 bridgehead atoms. The number of nitro benzene ring substituents is 1. The summed E-state index contributed by atoms with van der Waals surface area (Å²) in [5, 5.41) is 19.4. The molecule has 0 saturated carbocycles. The van der Waals surface area contributed by atoms with Gasteiger partial charge < -0.3 is 9.84 Å². The highest BCUT2D eigenvalue weighted by atomic mass is 19.3. The first kappa shape index (κ1) is 13.5. The maximum absolute atomic E-state index is 12.1. The molecular weight excluding hydrogens is 256 g/mol. The van der Waals surface area contributed by atoms with Crippen molar-refractivity contribution in [2.75, 3.05) is 0 Å². The first-order valence-corrected chi connectivity index (χ1v) is 4.33. The average molecular weight is 261 g/mol. The molecule has 0 amide bonds. The topological polar surface area (TPSA) is 107 Å². The van der Waals surface area contributed by atoms with Gasteiger partial charge in [0.15, 0.2) is 6.29 Å². The molecule has 0 aliphatic rings. The van der Waals surface area contributed by atoms with E-state index in [2.05, 4.69) is 4.74 Å². The van der Waals surface area contributed by atoms with Gasteiger partial charge in [0, 0.05) is 0 Å². The predicted octanol–water partition coefficient (Wildman–Crippen LogP) is 1.71. The third-order valence-electron chi connectivity index (χ3n) is 1.91. The Kier molecular flexibility index (Phi) is 3.87. The molecule has 0 aliphatic carbocycles. The molecule has 1 N–H and O–H groups in total. The van der Waals surface area contributed by atoms with Crippen LogP contribution in [0.4, 0.5) is 14.5 Å². The molecule has 1 aromatic carbocycles. The number of carboxylic acids is 1. The number of carbonyl (C=O) groups is 2. The number of benzene rings is 1. The molecule has 0 aliphatic heterocycles. The van der Waals surface area contributed by atoms with Gasteiger partial charge in [-0.1, -0.05) is 0 Å². The maximum atomic E-state index is 12.1. The second-order valence-corrected chi connectivity index (χ2v) is 2.94. The number of rotatable bonds is 5. The lowest BCUT2D eigenvalue weighted by molar-refractivity contribution is -0.386. The molecule has 18 heavy (non-hydrogen) atoms. The normalized spacial score (nSPS) is 10.2. The summed E-state index contributed by atoms with van der Waals surface area (Å²) in [6, 6.07) is 1.61. The number of carbonyl (C=O) groups excluding carboxylic acids is 1. The lowest BCUT2D eigenvalue weighted by Gasteiger charge is -2.09. The Hall–Kier alpha value is -2.58. The van der Waals surface area contributed by atoms with E-state index in [1.54, 1.807) is 0 Å². The van der Waals surface area contributed by atoms with Crippen molar-refractivity contribution in [3.8, 4) is 5.75 Å². The van der Waals surface area contributed by atoms with Gasteiger partial charge >= 0.3 is 18.3 Å². The van der Waals surface area contributed by atoms with Crippen molar-refractivity contribution in [1.82, 2.24) is 0 Å². The Morgan fingerprint density at radius 3 is 2.50 bits per heavy atom. The summed E-state index contributed by atoms with van der Waals surface area (Å²) in [4.78, 5) is 30.8. The van der Waals surface area contributed by atoms with E-state index in [0.29, 0.717) is 0 Å². The molecule has 0 radical (unpaired) electrons. The first-order chi connectivity index (χ1) is 8.38. The Bertz CT molecular complexity index is 516. The zero-order chi connectivity index (χ0) is 13.9. The summed E-state index contributed by atoms with van der Waals surface area (Å²) in [6.45, 7) is -3.42. The minimum Gasteiger partial charge on any atom is -0.477 e. The van der Waals surface area contributed by atoms with Gasteiger partial charge in [-0.05, 0) is 12.1 Å². The highest BCUT2D eigenvalue weighted by Gasteiger charge is 2.30. The van der Waals surface area contributed by atoms with Crippen LogP contribution in [0.25, 0.3) is 0 Å². The van der Waals surface area contributed by atoms with Gasteiger partial charge in [0.1, 0.15) is 5.56 Å². The summed E-state index contributed by atoms with van der Waals surface area (Å²) >= 11 is 0. The van der Waals surface area contributed by atoms with Gasteiger partial charge in [0.05, 0.1) is 10.5 Å². The molecular formula is C9H5F2NO6. The van der Waals surface area contributed by atoms with E-state index >= 15 is 0 Å². The summed E-state index contributed by atoms with van der Waals surface area (Å²) in [5.41, 5.74) is -2.57. The third kappa shape index (κ3) is 2.56. The van der Waals surface area contributed by atoms with Crippen LogP contribution in [0.1, 0.15) is 20.7 Å². The number of aromatic carboxylic acids is 1. The van der Waals surface area contributed by atoms with Crippen LogP contribution < -0.4 is 4.74 Å². The number of nitro groups is 1. The van der Waals surface area contributed by atoms with Crippen molar-refractivity contribution in [2.24, 2.45) is 0 Å². The van der Waals surface area contributed by atoms with Crippen molar-refractivity contribution >= 4 is 17.9 Å². The van der Waals surface area contributed by atoms with Crippen LogP contribution in [-0.4, -0.2) is 28.9 Å². The highest BCUT2D eigenvalue weighted by molar-refractivity contribution is 5.96. The van der Waals surface area contributed by atoms with Crippen LogP contribution in [0.15, 0.2) is 12.1 Å².